The summed E-state index contributed by atoms with van der Waals surface area (Å²) in [5, 5.41) is 7.99. The van der Waals surface area contributed by atoms with Crippen molar-refractivity contribution < 1.29 is 19.1 Å². The van der Waals surface area contributed by atoms with Crippen molar-refractivity contribution in [3.05, 3.63) is 71.9 Å². The van der Waals surface area contributed by atoms with Crippen LogP contribution in [0.5, 0.6) is 5.75 Å². The molecule has 1 amide bonds. The van der Waals surface area contributed by atoms with Gasteiger partial charge in [-0.15, -0.1) is 0 Å². The van der Waals surface area contributed by atoms with E-state index in [2.05, 4.69) is 16.2 Å². The highest BCUT2D eigenvalue weighted by molar-refractivity contribution is 6.00. The van der Waals surface area contributed by atoms with E-state index in [-0.39, 0.29) is 29.9 Å². The normalized spacial score (nSPS) is 23.1. The van der Waals surface area contributed by atoms with E-state index in [0.717, 1.165) is 24.0 Å². The minimum atomic E-state index is -0.416. The quantitative estimate of drug-likeness (QED) is 0.438. The van der Waals surface area contributed by atoms with Crippen molar-refractivity contribution in [2.45, 2.75) is 43.9 Å². The number of amides is 1. The molecule has 3 N–H and O–H groups in total. The fourth-order valence-electron chi connectivity index (χ4n) is 5.23. The highest BCUT2D eigenvalue weighted by atomic mass is 16.5. The lowest BCUT2D eigenvalue weighted by Gasteiger charge is -2.32. The van der Waals surface area contributed by atoms with E-state index >= 15 is 0 Å². The van der Waals surface area contributed by atoms with Crippen molar-refractivity contribution >= 4 is 11.9 Å². The van der Waals surface area contributed by atoms with Gasteiger partial charge < -0.3 is 14.8 Å². The molecular weight excluding hydrogens is 458 g/mol. The van der Waals surface area contributed by atoms with Crippen LogP contribution in [0.3, 0.4) is 0 Å². The van der Waals surface area contributed by atoms with Crippen molar-refractivity contribution in [1.82, 2.24) is 25.9 Å². The average Bonchev–Trinajstić information content (AvgIpc) is 3.53. The number of ether oxygens (including phenoxy) is 2. The van der Waals surface area contributed by atoms with Gasteiger partial charge in [0.25, 0.3) is 5.91 Å². The highest BCUT2D eigenvalue weighted by Crippen LogP contribution is 2.32. The number of esters is 1. The summed E-state index contributed by atoms with van der Waals surface area (Å²) < 4.78 is 12.1. The Hall–Kier alpha value is -3.69. The molecule has 5 rings (SSSR count). The number of aromatic nitrogens is 2. The molecule has 2 aliphatic rings. The van der Waals surface area contributed by atoms with Gasteiger partial charge in [-0.25, -0.2) is 5.43 Å². The van der Waals surface area contributed by atoms with Crippen LogP contribution in [0.25, 0.3) is 11.3 Å². The molecule has 1 aliphatic heterocycles. The monoisotopic (exact) mass is 489 g/mol. The van der Waals surface area contributed by atoms with Crippen LogP contribution >= 0.6 is 0 Å². The zero-order valence-corrected chi connectivity index (χ0v) is 20.4. The van der Waals surface area contributed by atoms with Gasteiger partial charge in [-0.3, -0.25) is 19.7 Å². The second-order valence-electron chi connectivity index (χ2n) is 9.35. The molecule has 0 bridgehead atoms. The van der Waals surface area contributed by atoms with Gasteiger partial charge >= 0.3 is 5.97 Å². The summed E-state index contributed by atoms with van der Waals surface area (Å²) in [4.78, 5) is 25.8. The number of hydrogen-bond acceptors (Lipinski definition) is 7. The number of fused-ring (bicyclic) bond motifs is 1. The zero-order chi connectivity index (χ0) is 25.1. The molecule has 1 saturated heterocycles. The smallest absolute Gasteiger partial charge is 0.324 e. The van der Waals surface area contributed by atoms with E-state index in [9.17, 15) is 9.59 Å². The minimum Gasteiger partial charge on any atom is -0.497 e. The van der Waals surface area contributed by atoms with Gasteiger partial charge in [-0.05, 0) is 37.0 Å². The summed E-state index contributed by atoms with van der Waals surface area (Å²) in [5.74, 6) is 0.286. The summed E-state index contributed by atoms with van der Waals surface area (Å²) in [7, 11) is 3.01. The maximum Gasteiger partial charge on any atom is 0.324 e. The van der Waals surface area contributed by atoms with Gasteiger partial charge in [0.1, 0.15) is 17.5 Å². The number of hydrazine groups is 1. The van der Waals surface area contributed by atoms with E-state index in [0.29, 0.717) is 30.0 Å². The lowest BCUT2D eigenvalue weighted by Crippen LogP contribution is -2.46. The molecule has 4 unspecified atom stereocenters. The van der Waals surface area contributed by atoms with Crippen molar-refractivity contribution in [3.8, 4) is 17.0 Å². The Labute approximate surface area is 210 Å². The molecule has 3 aromatic rings. The van der Waals surface area contributed by atoms with Crippen molar-refractivity contribution in [2.24, 2.45) is 5.92 Å². The second kappa shape index (κ2) is 10.5. The molecule has 0 spiro atoms. The average molecular weight is 490 g/mol. The Balaban J connectivity index is 1.39. The van der Waals surface area contributed by atoms with E-state index < -0.39 is 6.04 Å². The number of hydrogen-bond donors (Lipinski definition) is 3. The molecule has 2 aromatic carbocycles. The molecule has 9 nitrogen and oxygen atoms in total. The van der Waals surface area contributed by atoms with Crippen LogP contribution in [0, 0.1) is 5.92 Å². The molecule has 9 heteroatoms. The molecule has 36 heavy (non-hydrogen) atoms. The maximum absolute atomic E-state index is 13.6. The third-order valence-corrected chi connectivity index (χ3v) is 7.08. The molecule has 1 aliphatic carbocycles. The lowest BCUT2D eigenvalue weighted by molar-refractivity contribution is -0.144. The number of nitrogens with zero attached hydrogens (tertiary/aromatic N) is 2. The van der Waals surface area contributed by atoms with E-state index in [1.165, 1.54) is 7.11 Å². The Morgan fingerprint density at radius 2 is 1.92 bits per heavy atom. The van der Waals surface area contributed by atoms with E-state index in [1.54, 1.807) is 18.0 Å². The molecule has 1 aromatic heterocycles. The SMILES string of the molecule is COC(=O)C1NNC2CCC(NC(=O)c3cn(Cc4ccccc4)nc3-c3cccc(OC)c3)CC21. The first kappa shape index (κ1) is 24.0. The van der Waals surface area contributed by atoms with Crippen LogP contribution < -0.4 is 20.9 Å². The fourth-order valence-corrected chi connectivity index (χ4v) is 5.23. The number of carbonyl (C=O) groups is 2. The highest BCUT2D eigenvalue weighted by Gasteiger charge is 2.44. The summed E-state index contributed by atoms with van der Waals surface area (Å²) in [6, 6.07) is 17.3. The molecule has 2 fully saturated rings. The first-order chi connectivity index (χ1) is 17.6. The van der Waals surface area contributed by atoms with E-state index in [1.807, 2.05) is 54.6 Å². The summed E-state index contributed by atoms with van der Waals surface area (Å²) in [6.07, 6.45) is 4.16. The van der Waals surface area contributed by atoms with Gasteiger partial charge in [-0.2, -0.15) is 5.10 Å². The van der Waals surface area contributed by atoms with Crippen molar-refractivity contribution in [2.75, 3.05) is 14.2 Å². The molecular formula is C27H31N5O4. The van der Waals surface area contributed by atoms with Crippen LogP contribution in [0.2, 0.25) is 0 Å². The van der Waals surface area contributed by atoms with Gasteiger partial charge in [0.15, 0.2) is 0 Å². The number of nitrogens with one attached hydrogen (secondary N) is 3. The van der Waals surface area contributed by atoms with E-state index in [4.69, 9.17) is 14.6 Å². The molecule has 4 atom stereocenters. The van der Waals surface area contributed by atoms with Crippen LogP contribution in [0.4, 0.5) is 0 Å². The first-order valence-electron chi connectivity index (χ1n) is 12.2. The molecule has 2 heterocycles. The minimum absolute atomic E-state index is 0.0511. The Morgan fingerprint density at radius 1 is 1.08 bits per heavy atom. The fraction of sp³-hybridized carbons (Fsp3) is 0.370. The Bertz CT molecular complexity index is 1230. The predicted octanol–water partition coefficient (Wildman–Crippen LogP) is 2.52. The van der Waals surface area contributed by atoms with Crippen LogP contribution in [0.1, 0.15) is 35.2 Å². The number of rotatable bonds is 7. The van der Waals surface area contributed by atoms with Crippen LogP contribution in [-0.2, 0) is 16.1 Å². The summed E-state index contributed by atoms with van der Waals surface area (Å²) >= 11 is 0. The summed E-state index contributed by atoms with van der Waals surface area (Å²) in [5.41, 5.74) is 9.29. The van der Waals surface area contributed by atoms with Gasteiger partial charge in [0, 0.05) is 29.8 Å². The van der Waals surface area contributed by atoms with Crippen molar-refractivity contribution in [3.63, 3.8) is 0 Å². The lowest BCUT2D eigenvalue weighted by atomic mass is 9.79. The maximum atomic E-state index is 13.6. The van der Waals surface area contributed by atoms with Crippen LogP contribution in [-0.4, -0.2) is 54.0 Å². The molecule has 1 saturated carbocycles. The van der Waals surface area contributed by atoms with Gasteiger partial charge in [-0.1, -0.05) is 42.5 Å². The molecule has 0 radical (unpaired) electrons. The number of methoxy groups -OCH3 is 2. The largest absolute Gasteiger partial charge is 0.497 e. The Kier molecular flexibility index (Phi) is 7.02. The Morgan fingerprint density at radius 3 is 2.69 bits per heavy atom. The third-order valence-electron chi connectivity index (χ3n) is 7.08. The standard InChI is InChI=1S/C27H31N5O4/c1-35-20-10-6-9-18(13-20)24-22(16-32(31-24)15-17-7-4-3-5-8-17)26(33)28-19-11-12-23-21(14-19)25(30-29-23)27(34)36-2/h3-10,13,16,19,21,23,25,29-30H,11-12,14-15H2,1-2H3,(H,28,33). The van der Waals surface area contributed by atoms with Gasteiger partial charge in [0.2, 0.25) is 0 Å². The summed E-state index contributed by atoms with van der Waals surface area (Å²) in [6.45, 7) is 0.552. The van der Waals surface area contributed by atoms with Gasteiger partial charge in [0.05, 0.1) is 26.3 Å². The zero-order valence-electron chi connectivity index (χ0n) is 20.4. The topological polar surface area (TPSA) is 107 Å². The van der Waals surface area contributed by atoms with Crippen LogP contribution in [0.15, 0.2) is 60.8 Å². The van der Waals surface area contributed by atoms with Crippen molar-refractivity contribution in [1.29, 1.82) is 0 Å². The number of benzene rings is 2. The first-order valence-corrected chi connectivity index (χ1v) is 12.2. The second-order valence-corrected chi connectivity index (χ2v) is 9.35. The number of carbonyl (C=O) groups excluding carboxylic acids is 2. The predicted molar refractivity (Wildman–Crippen MR) is 134 cm³/mol. The molecule has 188 valence electrons. The third kappa shape index (κ3) is 4.98.